The van der Waals surface area contributed by atoms with Crippen molar-refractivity contribution in [3.8, 4) is 22.3 Å². The SMILES string of the molecule is [C-]#[N+]c1ccc2c(c1)C1(c3ccccc3-c3ccccc31)c1cc(B(O)O)ccc1-2. The van der Waals surface area contributed by atoms with Gasteiger partial charge >= 0.3 is 7.12 Å². The zero-order chi connectivity index (χ0) is 20.5. The molecule has 2 N–H and O–H groups in total. The van der Waals surface area contributed by atoms with Gasteiger partial charge in [-0.05, 0) is 50.0 Å². The topological polar surface area (TPSA) is 44.8 Å². The molecule has 30 heavy (non-hydrogen) atoms. The van der Waals surface area contributed by atoms with Crippen LogP contribution in [-0.4, -0.2) is 17.2 Å². The Labute approximate surface area is 174 Å². The van der Waals surface area contributed by atoms with E-state index in [9.17, 15) is 10.0 Å². The Morgan fingerprint density at radius 3 is 1.77 bits per heavy atom. The lowest BCUT2D eigenvalue weighted by atomic mass is 9.68. The van der Waals surface area contributed by atoms with Crippen LogP contribution in [0.5, 0.6) is 0 Å². The molecule has 0 saturated heterocycles. The summed E-state index contributed by atoms with van der Waals surface area (Å²) in [5.74, 6) is 0. The maximum atomic E-state index is 9.89. The third-order valence-corrected chi connectivity index (χ3v) is 6.52. The second-order valence-electron chi connectivity index (χ2n) is 7.86. The van der Waals surface area contributed by atoms with Crippen molar-refractivity contribution in [3.63, 3.8) is 0 Å². The lowest BCUT2D eigenvalue weighted by Crippen LogP contribution is -2.32. The van der Waals surface area contributed by atoms with Gasteiger partial charge in [0, 0.05) is 0 Å². The van der Waals surface area contributed by atoms with E-state index in [1.54, 1.807) is 6.07 Å². The first-order valence-corrected chi connectivity index (χ1v) is 9.88. The molecule has 0 unspecified atom stereocenters. The molecule has 2 aliphatic rings. The first-order valence-electron chi connectivity index (χ1n) is 9.88. The van der Waals surface area contributed by atoms with Crippen molar-refractivity contribution in [1.29, 1.82) is 0 Å². The maximum Gasteiger partial charge on any atom is 0.488 e. The summed E-state index contributed by atoms with van der Waals surface area (Å²) in [5.41, 5.74) is 9.43. The Kier molecular flexibility index (Phi) is 3.41. The van der Waals surface area contributed by atoms with Gasteiger partial charge in [-0.15, -0.1) is 0 Å². The molecule has 0 saturated carbocycles. The highest BCUT2D eigenvalue weighted by atomic mass is 16.4. The molecule has 140 valence electrons. The van der Waals surface area contributed by atoms with Crippen molar-refractivity contribution >= 4 is 18.3 Å². The Morgan fingerprint density at radius 2 is 1.17 bits per heavy atom. The van der Waals surface area contributed by atoms with E-state index in [1.165, 1.54) is 11.1 Å². The molecule has 4 aromatic rings. The first kappa shape index (κ1) is 17.2. The van der Waals surface area contributed by atoms with Crippen LogP contribution in [0.4, 0.5) is 5.69 Å². The lowest BCUT2D eigenvalue weighted by Gasteiger charge is -2.31. The van der Waals surface area contributed by atoms with Crippen molar-refractivity contribution in [2.75, 3.05) is 0 Å². The van der Waals surface area contributed by atoms with Gasteiger partial charge in [-0.25, -0.2) is 4.85 Å². The molecule has 0 atom stereocenters. The van der Waals surface area contributed by atoms with E-state index in [0.717, 1.165) is 33.4 Å². The third-order valence-electron chi connectivity index (χ3n) is 6.52. The molecule has 0 amide bonds. The molecule has 0 fully saturated rings. The van der Waals surface area contributed by atoms with E-state index in [0.29, 0.717) is 11.2 Å². The van der Waals surface area contributed by atoms with Gasteiger partial charge in [-0.2, -0.15) is 0 Å². The molecule has 6 rings (SSSR count). The summed E-state index contributed by atoms with van der Waals surface area (Å²) in [6.45, 7) is 7.57. The van der Waals surface area contributed by atoms with E-state index in [-0.39, 0.29) is 0 Å². The average Bonchev–Trinajstić information content (AvgIpc) is 3.25. The fourth-order valence-electron chi connectivity index (χ4n) is 5.37. The van der Waals surface area contributed by atoms with Crippen LogP contribution in [0.2, 0.25) is 0 Å². The molecule has 0 aromatic heterocycles. The fraction of sp³-hybridized carbons (Fsp3) is 0.0385. The van der Waals surface area contributed by atoms with Crippen LogP contribution in [-0.2, 0) is 5.41 Å². The highest BCUT2D eigenvalue weighted by molar-refractivity contribution is 6.58. The average molecular weight is 385 g/mol. The smallest absolute Gasteiger partial charge is 0.423 e. The summed E-state index contributed by atoms with van der Waals surface area (Å²) in [4.78, 5) is 3.69. The Hall–Kier alpha value is -3.65. The van der Waals surface area contributed by atoms with Crippen LogP contribution in [0.1, 0.15) is 22.3 Å². The minimum Gasteiger partial charge on any atom is -0.423 e. The first-order chi connectivity index (χ1) is 14.7. The zero-order valence-corrected chi connectivity index (χ0v) is 16.0. The lowest BCUT2D eigenvalue weighted by molar-refractivity contribution is 0.425. The number of benzene rings is 4. The molecule has 1 spiro atoms. The van der Waals surface area contributed by atoms with Crippen LogP contribution in [0.3, 0.4) is 0 Å². The highest BCUT2D eigenvalue weighted by Gasteiger charge is 2.51. The van der Waals surface area contributed by atoms with Crippen molar-refractivity contribution in [1.82, 2.24) is 0 Å². The monoisotopic (exact) mass is 385 g/mol. The van der Waals surface area contributed by atoms with E-state index in [2.05, 4.69) is 41.2 Å². The van der Waals surface area contributed by atoms with E-state index in [4.69, 9.17) is 6.57 Å². The van der Waals surface area contributed by atoms with Crippen LogP contribution >= 0.6 is 0 Å². The maximum absolute atomic E-state index is 9.89. The van der Waals surface area contributed by atoms with Gasteiger partial charge in [0.25, 0.3) is 0 Å². The summed E-state index contributed by atoms with van der Waals surface area (Å²) in [6.07, 6.45) is 0. The second kappa shape index (κ2) is 5.93. The molecule has 0 radical (unpaired) electrons. The minimum absolute atomic E-state index is 0.466. The van der Waals surface area contributed by atoms with E-state index < -0.39 is 12.5 Å². The molecule has 0 bridgehead atoms. The number of fused-ring (bicyclic) bond motifs is 10. The van der Waals surface area contributed by atoms with Crippen molar-refractivity contribution < 1.29 is 10.0 Å². The molecule has 4 aromatic carbocycles. The Balaban J connectivity index is 1.84. The standard InChI is InChI=1S/C26H16BNO2/c1-28-17-11-13-21-20-12-10-16(27(29)30)14-24(20)26(25(21)15-17)22-8-4-2-6-18(22)19-7-3-5-9-23(19)26/h2-15,29-30H. The zero-order valence-electron chi connectivity index (χ0n) is 16.0. The number of rotatable bonds is 1. The molecule has 4 heteroatoms. The van der Waals surface area contributed by atoms with Gasteiger partial charge in [0.1, 0.15) is 0 Å². The fourth-order valence-corrected chi connectivity index (χ4v) is 5.37. The number of hydrogen-bond acceptors (Lipinski definition) is 2. The summed E-state index contributed by atoms with van der Waals surface area (Å²) >= 11 is 0. The quantitative estimate of drug-likeness (QED) is 0.328. The largest absolute Gasteiger partial charge is 0.488 e. The van der Waals surface area contributed by atoms with Gasteiger partial charge in [-0.3, -0.25) is 0 Å². The summed E-state index contributed by atoms with van der Waals surface area (Å²) in [5, 5.41) is 19.8. The second-order valence-corrected chi connectivity index (χ2v) is 7.86. The van der Waals surface area contributed by atoms with E-state index in [1.807, 2.05) is 42.5 Å². The summed E-state index contributed by atoms with van der Waals surface area (Å²) in [7, 11) is -1.54. The van der Waals surface area contributed by atoms with Crippen molar-refractivity contribution in [2.45, 2.75) is 5.41 Å². The molecule has 2 aliphatic carbocycles. The normalized spacial score (nSPS) is 13.9. The summed E-state index contributed by atoms with van der Waals surface area (Å²) in [6, 6.07) is 28.3. The Morgan fingerprint density at radius 1 is 0.633 bits per heavy atom. The molecule has 3 nitrogen and oxygen atoms in total. The molecular weight excluding hydrogens is 369 g/mol. The molecule has 0 aliphatic heterocycles. The van der Waals surface area contributed by atoms with Gasteiger partial charge in [0.2, 0.25) is 0 Å². The van der Waals surface area contributed by atoms with Crippen molar-refractivity contribution in [2.24, 2.45) is 0 Å². The predicted octanol–water partition coefficient (Wildman–Crippen LogP) is 4.26. The number of hydrogen-bond donors (Lipinski definition) is 2. The molecular formula is C26H16BNO2. The van der Waals surface area contributed by atoms with Crippen LogP contribution in [0.15, 0.2) is 84.9 Å². The van der Waals surface area contributed by atoms with Crippen molar-refractivity contribution in [3.05, 3.63) is 119 Å². The predicted molar refractivity (Wildman–Crippen MR) is 119 cm³/mol. The number of nitrogens with zero attached hydrogens (tertiary/aromatic N) is 1. The summed E-state index contributed by atoms with van der Waals surface area (Å²) < 4.78 is 0. The van der Waals surface area contributed by atoms with E-state index >= 15 is 0 Å². The van der Waals surface area contributed by atoms with Gasteiger partial charge in [-0.1, -0.05) is 84.9 Å². The van der Waals surface area contributed by atoms with Gasteiger partial charge in [0.15, 0.2) is 5.69 Å². The molecule has 0 heterocycles. The highest BCUT2D eigenvalue weighted by Crippen LogP contribution is 2.62. The van der Waals surface area contributed by atoms with Crippen LogP contribution in [0, 0.1) is 6.57 Å². The van der Waals surface area contributed by atoms with Crippen LogP contribution < -0.4 is 5.46 Å². The van der Waals surface area contributed by atoms with Crippen LogP contribution in [0.25, 0.3) is 27.1 Å². The Bertz CT molecular complexity index is 1360. The minimum atomic E-state index is -1.54. The third kappa shape index (κ3) is 1.96. The van der Waals surface area contributed by atoms with Gasteiger partial charge in [0.05, 0.1) is 12.0 Å². The van der Waals surface area contributed by atoms with Gasteiger partial charge < -0.3 is 10.0 Å².